The molecule has 14 nitrogen and oxygen atoms in total. The lowest BCUT2D eigenvalue weighted by atomic mass is 9.66. The summed E-state index contributed by atoms with van der Waals surface area (Å²) in [6.45, 7) is 0.102. The van der Waals surface area contributed by atoms with Gasteiger partial charge in [0, 0.05) is 17.4 Å². The van der Waals surface area contributed by atoms with E-state index in [4.69, 9.17) is 47.4 Å². The number of carbonyl (C=O) groups is 1. The first kappa shape index (κ1) is 31.9. The fourth-order valence-corrected chi connectivity index (χ4v) is 7.54. The summed E-state index contributed by atoms with van der Waals surface area (Å²) < 4.78 is 58.0. The first-order valence-electron chi connectivity index (χ1n) is 15.9. The Balaban J connectivity index is 1.12. The van der Waals surface area contributed by atoms with Gasteiger partial charge in [0.1, 0.15) is 30.2 Å². The number of aliphatic hydroxyl groups excluding tert-OH is 2. The van der Waals surface area contributed by atoms with E-state index in [2.05, 4.69) is 0 Å². The molecule has 5 aliphatic rings. The summed E-state index contributed by atoms with van der Waals surface area (Å²) in [4.78, 5) is 13.5. The number of hydrogen-bond acceptors (Lipinski definition) is 14. The summed E-state index contributed by atoms with van der Waals surface area (Å²) in [7, 11) is 4.43. The molecule has 3 aromatic rings. The number of methoxy groups -OCH3 is 3. The highest BCUT2D eigenvalue weighted by atomic mass is 16.8. The quantitative estimate of drug-likeness (QED) is 0.311. The van der Waals surface area contributed by atoms with Gasteiger partial charge in [-0.2, -0.15) is 0 Å². The standard InChI is InChI=1S/C35H36O14/c1-40-17-6-4-15(5-7-17)34-44-13-25-32(49-34)29(37)30(38)35(47-25)48-31-19-11-22-21(45-14-46-22)10-18(19)26(27-20(31)12-43-33(27)39)16-8-23(41-2)28(36)24(9-16)42-3/h4-11,20,25-27,29-32,34-38H,12-14H2,1-3H3/t20-,25-,26-,27-,29+,30-,31+,32+,34-,35-/m0/s1. The van der Waals surface area contributed by atoms with E-state index in [1.165, 1.54) is 14.2 Å². The van der Waals surface area contributed by atoms with Crippen LogP contribution < -0.4 is 23.7 Å². The lowest BCUT2D eigenvalue weighted by Crippen LogP contribution is -2.62. The molecule has 0 radical (unpaired) electrons. The Morgan fingerprint density at radius 2 is 1.47 bits per heavy atom. The molecule has 3 saturated heterocycles. The third kappa shape index (κ3) is 5.30. The van der Waals surface area contributed by atoms with Crippen molar-refractivity contribution in [1.29, 1.82) is 0 Å². The van der Waals surface area contributed by atoms with E-state index in [0.717, 1.165) is 0 Å². The molecule has 4 heterocycles. The summed E-state index contributed by atoms with van der Waals surface area (Å²) in [5.74, 6) is -0.503. The second kappa shape index (κ2) is 12.5. The van der Waals surface area contributed by atoms with Crippen LogP contribution in [0.25, 0.3) is 0 Å². The summed E-state index contributed by atoms with van der Waals surface area (Å²) in [6, 6.07) is 14.1. The number of esters is 1. The topological polar surface area (TPSA) is 170 Å². The number of cyclic esters (lactones) is 1. The third-order valence-corrected chi connectivity index (χ3v) is 9.98. The molecule has 8 rings (SSSR count). The number of aromatic hydroxyl groups is 1. The molecule has 3 fully saturated rings. The highest BCUT2D eigenvalue weighted by Gasteiger charge is 2.56. The number of carbonyl (C=O) groups excluding carboxylic acids is 1. The van der Waals surface area contributed by atoms with Crippen molar-refractivity contribution in [3.8, 4) is 34.5 Å². The van der Waals surface area contributed by atoms with Crippen LogP contribution in [-0.2, 0) is 28.5 Å². The van der Waals surface area contributed by atoms with Crippen molar-refractivity contribution in [2.75, 3.05) is 41.3 Å². The normalized spacial score (nSPS) is 32.8. The third-order valence-electron chi connectivity index (χ3n) is 9.98. The van der Waals surface area contributed by atoms with Crippen molar-refractivity contribution in [2.45, 2.75) is 49.0 Å². The van der Waals surface area contributed by atoms with Gasteiger partial charge in [0.05, 0.1) is 46.6 Å². The SMILES string of the molecule is COc1ccc([C@H]2OC[C@@H]3O[C@@H](O[C@@H]4c5cc6c(cc5[C@H](c5cc(OC)c(O)c(OC)c5)[C@H]5C(=O)OC[C@@H]54)OCO6)[C@@H](O)[C@@H](O)[C@@H]3O2)cc1. The number of fused-ring (bicyclic) bond motifs is 4. The lowest BCUT2D eigenvalue weighted by molar-refractivity contribution is -0.369. The number of phenolic OH excluding ortho intramolecular Hbond substituents is 1. The van der Waals surface area contributed by atoms with Gasteiger partial charge >= 0.3 is 5.97 Å². The Hall–Kier alpha value is -4.31. The fraction of sp³-hybridized carbons (Fsp3) is 0.457. The maximum Gasteiger partial charge on any atom is 0.310 e. The Kier molecular flexibility index (Phi) is 8.17. The smallest absolute Gasteiger partial charge is 0.310 e. The monoisotopic (exact) mass is 680 g/mol. The molecule has 14 heteroatoms. The minimum Gasteiger partial charge on any atom is -0.502 e. The Morgan fingerprint density at radius 1 is 0.776 bits per heavy atom. The van der Waals surface area contributed by atoms with Crippen LogP contribution in [0, 0.1) is 11.8 Å². The van der Waals surface area contributed by atoms with E-state index in [-0.39, 0.29) is 37.3 Å². The zero-order chi connectivity index (χ0) is 34.0. The van der Waals surface area contributed by atoms with Crippen LogP contribution in [-0.4, -0.2) is 93.3 Å². The minimum atomic E-state index is -1.51. The highest BCUT2D eigenvalue weighted by molar-refractivity contribution is 5.79. The number of rotatable bonds is 7. The van der Waals surface area contributed by atoms with Crippen molar-refractivity contribution in [3.63, 3.8) is 0 Å². The van der Waals surface area contributed by atoms with E-state index in [0.29, 0.717) is 39.5 Å². The Morgan fingerprint density at radius 3 is 2.14 bits per heavy atom. The maximum atomic E-state index is 13.5. The molecule has 3 N–H and O–H groups in total. The Labute approximate surface area is 280 Å². The highest BCUT2D eigenvalue weighted by Crippen LogP contribution is 2.57. The van der Waals surface area contributed by atoms with Crippen molar-refractivity contribution in [3.05, 3.63) is 70.8 Å². The average molecular weight is 681 g/mol. The van der Waals surface area contributed by atoms with Gasteiger partial charge in [0.15, 0.2) is 35.6 Å². The minimum absolute atomic E-state index is 0.0153. The van der Waals surface area contributed by atoms with Gasteiger partial charge in [0.2, 0.25) is 12.5 Å². The van der Waals surface area contributed by atoms with Crippen LogP contribution >= 0.6 is 0 Å². The number of phenols is 1. The predicted octanol–water partition coefficient (Wildman–Crippen LogP) is 2.70. The largest absolute Gasteiger partial charge is 0.502 e. The van der Waals surface area contributed by atoms with Crippen molar-refractivity contribution >= 4 is 5.97 Å². The number of benzene rings is 3. The maximum absolute atomic E-state index is 13.5. The van der Waals surface area contributed by atoms with Crippen molar-refractivity contribution < 1.29 is 67.5 Å². The zero-order valence-corrected chi connectivity index (χ0v) is 26.8. The molecule has 0 bridgehead atoms. The zero-order valence-electron chi connectivity index (χ0n) is 26.8. The summed E-state index contributed by atoms with van der Waals surface area (Å²) in [6.07, 6.45) is -7.50. The molecule has 3 aromatic carbocycles. The summed E-state index contributed by atoms with van der Waals surface area (Å²) >= 11 is 0. The first-order chi connectivity index (χ1) is 23.8. The van der Waals surface area contributed by atoms with E-state index < -0.39 is 66.8 Å². The van der Waals surface area contributed by atoms with Crippen molar-refractivity contribution in [2.24, 2.45) is 11.8 Å². The molecule has 0 amide bonds. The lowest BCUT2D eigenvalue weighted by Gasteiger charge is -2.48. The van der Waals surface area contributed by atoms with Gasteiger partial charge < -0.3 is 62.7 Å². The molecule has 0 unspecified atom stereocenters. The van der Waals surface area contributed by atoms with E-state index in [1.54, 1.807) is 55.6 Å². The van der Waals surface area contributed by atoms with Crippen LogP contribution in [0.15, 0.2) is 48.5 Å². The van der Waals surface area contributed by atoms with Crippen LogP contribution in [0.1, 0.15) is 40.6 Å². The molecule has 260 valence electrons. The molecule has 4 aliphatic heterocycles. The number of ether oxygens (including phenoxy) is 10. The molecule has 0 spiro atoms. The van der Waals surface area contributed by atoms with Gasteiger partial charge in [-0.25, -0.2) is 0 Å². The molecule has 49 heavy (non-hydrogen) atoms. The van der Waals surface area contributed by atoms with Gasteiger partial charge in [-0.1, -0.05) is 12.1 Å². The van der Waals surface area contributed by atoms with Crippen LogP contribution in [0.2, 0.25) is 0 Å². The molecule has 10 atom stereocenters. The van der Waals surface area contributed by atoms with E-state index in [1.807, 2.05) is 0 Å². The van der Waals surface area contributed by atoms with Crippen molar-refractivity contribution in [1.82, 2.24) is 0 Å². The second-order valence-corrected chi connectivity index (χ2v) is 12.5. The molecule has 0 aromatic heterocycles. The summed E-state index contributed by atoms with van der Waals surface area (Å²) in [5.41, 5.74) is 2.68. The number of hydrogen-bond donors (Lipinski definition) is 3. The Bertz CT molecular complexity index is 1700. The van der Waals surface area contributed by atoms with Crippen LogP contribution in [0.4, 0.5) is 0 Å². The average Bonchev–Trinajstić information content (AvgIpc) is 3.75. The number of aliphatic hydroxyl groups is 2. The van der Waals surface area contributed by atoms with Crippen LogP contribution in [0.5, 0.6) is 34.5 Å². The molecular formula is C35H36O14. The predicted molar refractivity (Wildman–Crippen MR) is 165 cm³/mol. The van der Waals surface area contributed by atoms with Gasteiger partial charge in [-0.05, 0) is 53.1 Å². The second-order valence-electron chi connectivity index (χ2n) is 12.5. The fourth-order valence-electron chi connectivity index (χ4n) is 7.54. The summed E-state index contributed by atoms with van der Waals surface area (Å²) in [5, 5.41) is 33.3. The molecule has 1 aliphatic carbocycles. The molecular weight excluding hydrogens is 644 g/mol. The van der Waals surface area contributed by atoms with Gasteiger partial charge in [-0.15, -0.1) is 0 Å². The van der Waals surface area contributed by atoms with Gasteiger partial charge in [0.25, 0.3) is 0 Å². The van der Waals surface area contributed by atoms with Gasteiger partial charge in [-0.3, -0.25) is 4.79 Å². The van der Waals surface area contributed by atoms with Crippen LogP contribution in [0.3, 0.4) is 0 Å². The molecule has 0 saturated carbocycles. The van der Waals surface area contributed by atoms with E-state index >= 15 is 0 Å². The first-order valence-corrected chi connectivity index (χ1v) is 15.9. The van der Waals surface area contributed by atoms with E-state index in [9.17, 15) is 20.1 Å².